The zero-order chi connectivity index (χ0) is 19.8. The Hall–Kier alpha value is -2.44. The summed E-state index contributed by atoms with van der Waals surface area (Å²) in [6.45, 7) is 5.80. The molecule has 146 valence electrons. The van der Waals surface area contributed by atoms with Crippen LogP contribution in [-0.4, -0.2) is 77.7 Å². The summed E-state index contributed by atoms with van der Waals surface area (Å²) in [6, 6.07) is 3.38. The highest BCUT2D eigenvalue weighted by molar-refractivity contribution is 5.95. The first-order valence-electron chi connectivity index (χ1n) is 9.43. The number of rotatable bonds is 4. The van der Waals surface area contributed by atoms with Gasteiger partial charge in [0.05, 0.1) is 5.41 Å². The maximum Gasteiger partial charge on any atom is 0.254 e. The molecule has 27 heavy (non-hydrogen) atoms. The highest BCUT2D eigenvalue weighted by Crippen LogP contribution is 2.44. The summed E-state index contributed by atoms with van der Waals surface area (Å²) in [4.78, 5) is 47.6. The van der Waals surface area contributed by atoms with Gasteiger partial charge < -0.3 is 14.7 Å². The molecule has 3 heterocycles. The van der Waals surface area contributed by atoms with Crippen molar-refractivity contribution < 1.29 is 14.4 Å². The number of nitrogens with zero attached hydrogens (tertiary/aromatic N) is 4. The van der Waals surface area contributed by atoms with Crippen LogP contribution in [0, 0.1) is 17.3 Å². The maximum atomic E-state index is 13.1. The fourth-order valence-electron chi connectivity index (χ4n) is 4.31. The molecule has 2 aliphatic rings. The summed E-state index contributed by atoms with van der Waals surface area (Å²) >= 11 is 0. The molecule has 2 atom stereocenters. The van der Waals surface area contributed by atoms with Gasteiger partial charge in [-0.3, -0.25) is 19.4 Å². The third-order valence-corrected chi connectivity index (χ3v) is 5.59. The molecule has 0 N–H and O–H groups in total. The molecule has 0 aliphatic carbocycles. The van der Waals surface area contributed by atoms with Gasteiger partial charge in [0.25, 0.3) is 5.91 Å². The summed E-state index contributed by atoms with van der Waals surface area (Å²) in [5.74, 6) is 0.255. The minimum Gasteiger partial charge on any atom is -0.348 e. The third kappa shape index (κ3) is 3.55. The van der Waals surface area contributed by atoms with Gasteiger partial charge in [0, 0.05) is 70.6 Å². The fraction of sp³-hybridized carbons (Fsp3) is 0.600. The summed E-state index contributed by atoms with van der Waals surface area (Å²) in [5.41, 5.74) is -0.135. The average molecular weight is 372 g/mol. The fourth-order valence-corrected chi connectivity index (χ4v) is 4.31. The van der Waals surface area contributed by atoms with E-state index in [0.717, 1.165) is 0 Å². The smallest absolute Gasteiger partial charge is 0.254 e. The molecule has 2 fully saturated rings. The zero-order valence-corrected chi connectivity index (χ0v) is 16.5. The summed E-state index contributed by atoms with van der Waals surface area (Å²) in [6.07, 6.45) is 3.67. The van der Waals surface area contributed by atoms with E-state index in [1.165, 1.54) is 0 Å². The van der Waals surface area contributed by atoms with Crippen molar-refractivity contribution in [1.82, 2.24) is 19.7 Å². The molecule has 0 saturated carbocycles. The quantitative estimate of drug-likeness (QED) is 0.794. The van der Waals surface area contributed by atoms with E-state index in [2.05, 4.69) is 4.98 Å². The molecule has 0 unspecified atom stereocenters. The highest BCUT2D eigenvalue weighted by atomic mass is 16.2. The number of hydrogen-bond acceptors (Lipinski definition) is 4. The van der Waals surface area contributed by atoms with E-state index >= 15 is 0 Å². The van der Waals surface area contributed by atoms with Crippen molar-refractivity contribution >= 4 is 17.7 Å². The number of carbonyl (C=O) groups excluding carboxylic acids is 3. The molecule has 7 nitrogen and oxygen atoms in total. The lowest BCUT2D eigenvalue weighted by Gasteiger charge is -2.31. The minimum atomic E-state index is -0.709. The third-order valence-electron chi connectivity index (χ3n) is 5.59. The van der Waals surface area contributed by atoms with E-state index in [-0.39, 0.29) is 29.6 Å². The van der Waals surface area contributed by atoms with Gasteiger partial charge in [0.15, 0.2) is 0 Å². The average Bonchev–Trinajstić information content (AvgIpc) is 3.15. The van der Waals surface area contributed by atoms with Crippen molar-refractivity contribution in [1.29, 1.82) is 0 Å². The summed E-state index contributed by atoms with van der Waals surface area (Å²) < 4.78 is 0. The predicted molar refractivity (Wildman–Crippen MR) is 101 cm³/mol. The lowest BCUT2D eigenvalue weighted by atomic mass is 9.79. The Morgan fingerprint density at radius 1 is 1.15 bits per heavy atom. The molecule has 0 aromatic carbocycles. The Labute approximate surface area is 160 Å². The molecule has 2 aliphatic heterocycles. The van der Waals surface area contributed by atoms with Crippen LogP contribution in [0.4, 0.5) is 0 Å². The van der Waals surface area contributed by atoms with E-state index in [1.807, 2.05) is 18.7 Å². The van der Waals surface area contributed by atoms with E-state index in [4.69, 9.17) is 0 Å². The second-order valence-electron chi connectivity index (χ2n) is 8.35. The van der Waals surface area contributed by atoms with Crippen molar-refractivity contribution in [2.75, 3.05) is 40.3 Å². The molecular formula is C20H28N4O3. The lowest BCUT2D eigenvalue weighted by Crippen LogP contribution is -2.48. The topological polar surface area (TPSA) is 73.8 Å². The second-order valence-corrected chi connectivity index (χ2v) is 8.35. The van der Waals surface area contributed by atoms with Gasteiger partial charge in [0.2, 0.25) is 11.8 Å². The van der Waals surface area contributed by atoms with Gasteiger partial charge in [-0.1, -0.05) is 13.8 Å². The molecule has 0 bridgehead atoms. The van der Waals surface area contributed by atoms with Crippen molar-refractivity contribution in [2.45, 2.75) is 20.3 Å². The lowest BCUT2D eigenvalue weighted by molar-refractivity contribution is -0.140. The summed E-state index contributed by atoms with van der Waals surface area (Å²) in [5, 5.41) is 0. The molecule has 7 heteroatoms. The molecule has 1 aromatic heterocycles. The minimum absolute atomic E-state index is 0.00243. The van der Waals surface area contributed by atoms with Crippen LogP contribution in [0.2, 0.25) is 0 Å². The van der Waals surface area contributed by atoms with E-state index < -0.39 is 5.41 Å². The van der Waals surface area contributed by atoms with Gasteiger partial charge in [-0.05, 0) is 18.1 Å². The molecular weight excluding hydrogens is 344 g/mol. The Bertz CT molecular complexity index is 734. The standard InChI is InChI=1S/C20H28N4O3/c1-14(2)9-17(25)23-10-16-11-24(18(26)15-5-7-21-8-6-15)13-20(16,12-23)19(27)22(3)4/h5-8,14,16H,9-13H2,1-4H3/t16-,20-/m1/s1. The van der Waals surface area contributed by atoms with Crippen LogP contribution in [0.5, 0.6) is 0 Å². The number of carbonyl (C=O) groups is 3. The molecule has 2 saturated heterocycles. The zero-order valence-electron chi connectivity index (χ0n) is 16.5. The van der Waals surface area contributed by atoms with Gasteiger partial charge in [-0.25, -0.2) is 0 Å². The summed E-state index contributed by atoms with van der Waals surface area (Å²) in [7, 11) is 3.47. The SMILES string of the molecule is CC(C)CC(=O)N1C[C@@H]2CN(C(=O)c3ccncc3)C[C@]2(C(=O)N(C)C)C1. The van der Waals surface area contributed by atoms with Gasteiger partial charge in [-0.15, -0.1) is 0 Å². The second kappa shape index (κ2) is 7.29. The molecule has 0 spiro atoms. The Balaban J connectivity index is 1.83. The van der Waals surface area contributed by atoms with Crippen molar-refractivity contribution in [2.24, 2.45) is 17.3 Å². The normalized spacial score (nSPS) is 24.3. The van der Waals surface area contributed by atoms with Crippen LogP contribution in [0.25, 0.3) is 0 Å². The van der Waals surface area contributed by atoms with Crippen LogP contribution in [0.1, 0.15) is 30.6 Å². The first-order chi connectivity index (χ1) is 12.7. The monoisotopic (exact) mass is 372 g/mol. The number of amides is 3. The first kappa shape index (κ1) is 19.3. The van der Waals surface area contributed by atoms with Crippen molar-refractivity contribution in [3.8, 4) is 0 Å². The van der Waals surface area contributed by atoms with E-state index in [1.54, 1.807) is 48.4 Å². The molecule has 3 rings (SSSR count). The molecule has 0 radical (unpaired) electrons. The van der Waals surface area contributed by atoms with Gasteiger partial charge in [-0.2, -0.15) is 0 Å². The van der Waals surface area contributed by atoms with E-state index in [0.29, 0.717) is 38.2 Å². The van der Waals surface area contributed by atoms with Gasteiger partial charge >= 0.3 is 0 Å². The Morgan fingerprint density at radius 2 is 1.74 bits per heavy atom. The maximum absolute atomic E-state index is 13.1. The van der Waals surface area contributed by atoms with Crippen molar-refractivity contribution in [3.63, 3.8) is 0 Å². The van der Waals surface area contributed by atoms with E-state index in [9.17, 15) is 14.4 Å². The first-order valence-corrected chi connectivity index (χ1v) is 9.43. The Morgan fingerprint density at radius 3 is 2.33 bits per heavy atom. The van der Waals surface area contributed by atoms with Crippen LogP contribution in [0.3, 0.4) is 0 Å². The number of fused-ring (bicyclic) bond motifs is 1. The van der Waals surface area contributed by atoms with Crippen LogP contribution in [0.15, 0.2) is 24.5 Å². The van der Waals surface area contributed by atoms with Crippen LogP contribution in [-0.2, 0) is 9.59 Å². The van der Waals surface area contributed by atoms with Crippen LogP contribution >= 0.6 is 0 Å². The highest BCUT2D eigenvalue weighted by Gasteiger charge is 2.59. The molecule has 3 amide bonds. The number of pyridine rings is 1. The predicted octanol–water partition coefficient (Wildman–Crippen LogP) is 1.12. The number of aromatic nitrogens is 1. The number of hydrogen-bond donors (Lipinski definition) is 0. The Kier molecular flexibility index (Phi) is 5.22. The van der Waals surface area contributed by atoms with Gasteiger partial charge in [0.1, 0.15) is 0 Å². The largest absolute Gasteiger partial charge is 0.348 e. The van der Waals surface area contributed by atoms with Crippen LogP contribution < -0.4 is 0 Å². The number of likely N-dealkylation sites (tertiary alicyclic amines) is 2. The molecule has 1 aromatic rings. The van der Waals surface area contributed by atoms with Crippen molar-refractivity contribution in [3.05, 3.63) is 30.1 Å².